The minimum Gasteiger partial charge on any atom is -0.449 e. The summed E-state index contributed by atoms with van der Waals surface area (Å²) in [6.07, 6.45) is 0.637. The van der Waals surface area contributed by atoms with Crippen LogP contribution in [0.25, 0.3) is 5.69 Å². The molecule has 0 saturated carbocycles. The largest absolute Gasteiger partial charge is 0.449 e. The van der Waals surface area contributed by atoms with Crippen LogP contribution in [0.2, 0.25) is 0 Å². The van der Waals surface area contributed by atoms with Crippen LogP contribution in [0.3, 0.4) is 0 Å². The summed E-state index contributed by atoms with van der Waals surface area (Å²) in [5.41, 5.74) is 7.54. The van der Waals surface area contributed by atoms with Gasteiger partial charge in [0.15, 0.2) is 6.10 Å². The molecule has 28 heavy (non-hydrogen) atoms. The van der Waals surface area contributed by atoms with Crippen LogP contribution in [0.1, 0.15) is 33.3 Å². The van der Waals surface area contributed by atoms with Crippen molar-refractivity contribution in [3.63, 3.8) is 0 Å². The summed E-state index contributed by atoms with van der Waals surface area (Å²) in [5.74, 6) is -1.83. The van der Waals surface area contributed by atoms with Crippen molar-refractivity contribution in [2.45, 2.75) is 20.0 Å². The van der Waals surface area contributed by atoms with Crippen molar-refractivity contribution < 1.29 is 19.1 Å². The van der Waals surface area contributed by atoms with Gasteiger partial charge in [0.1, 0.15) is 5.00 Å². The Labute approximate surface area is 164 Å². The zero-order chi connectivity index (χ0) is 20.3. The molecule has 3 rings (SSSR count). The highest BCUT2D eigenvalue weighted by atomic mass is 32.1. The summed E-state index contributed by atoms with van der Waals surface area (Å²) >= 11 is 1.16. The van der Waals surface area contributed by atoms with Crippen molar-refractivity contribution in [2.75, 3.05) is 5.32 Å². The number of aryl methyl sites for hydroxylation is 1. The Morgan fingerprint density at radius 2 is 1.89 bits per heavy atom. The standard InChI is InChI=1S/C19H18N4O4S/c1-11-7-9-21-23(11)14-5-3-13(4-6-14)19(26)27-12(2)17(25)22-18-15(16(20)24)8-10-28-18/h3-10,12H,1-2H3,(H2,20,24)(H,22,25)/t12-/m0/s1. The number of benzene rings is 1. The van der Waals surface area contributed by atoms with Gasteiger partial charge in [-0.1, -0.05) is 0 Å². The maximum Gasteiger partial charge on any atom is 0.338 e. The molecule has 0 aliphatic rings. The molecule has 0 spiro atoms. The van der Waals surface area contributed by atoms with E-state index in [0.717, 1.165) is 22.7 Å². The average molecular weight is 398 g/mol. The summed E-state index contributed by atoms with van der Waals surface area (Å²) in [7, 11) is 0. The lowest BCUT2D eigenvalue weighted by Crippen LogP contribution is -2.30. The minimum atomic E-state index is -1.05. The molecule has 2 amide bonds. The fourth-order valence-corrected chi connectivity index (χ4v) is 3.27. The van der Waals surface area contributed by atoms with Crippen molar-refractivity contribution in [2.24, 2.45) is 5.73 Å². The predicted octanol–water partition coefficient (Wildman–Crippen LogP) is 2.53. The summed E-state index contributed by atoms with van der Waals surface area (Å²) in [5, 5.41) is 8.71. The first kappa shape index (κ1) is 19.3. The Hall–Kier alpha value is -3.46. The number of carbonyl (C=O) groups excluding carboxylic acids is 3. The molecule has 0 aliphatic heterocycles. The molecule has 0 bridgehead atoms. The Morgan fingerprint density at radius 3 is 2.50 bits per heavy atom. The number of ether oxygens (including phenoxy) is 1. The molecule has 0 radical (unpaired) electrons. The number of hydrogen-bond donors (Lipinski definition) is 2. The lowest BCUT2D eigenvalue weighted by atomic mass is 10.2. The zero-order valence-corrected chi connectivity index (χ0v) is 16.0. The van der Waals surface area contributed by atoms with Gasteiger partial charge in [0.05, 0.1) is 16.8 Å². The topological polar surface area (TPSA) is 116 Å². The van der Waals surface area contributed by atoms with Gasteiger partial charge in [-0.2, -0.15) is 5.10 Å². The molecular weight excluding hydrogens is 380 g/mol. The first-order valence-corrected chi connectivity index (χ1v) is 9.25. The van der Waals surface area contributed by atoms with Crippen LogP contribution in [0, 0.1) is 6.92 Å². The van der Waals surface area contributed by atoms with Crippen LogP contribution in [0.4, 0.5) is 5.00 Å². The number of thiophene rings is 1. The Bertz CT molecular complexity index is 1020. The molecule has 3 aromatic rings. The molecular formula is C19H18N4O4S. The maximum atomic E-state index is 12.3. The van der Waals surface area contributed by atoms with Gasteiger partial charge in [-0.3, -0.25) is 9.59 Å². The van der Waals surface area contributed by atoms with Crippen LogP contribution in [-0.2, 0) is 9.53 Å². The molecule has 0 fully saturated rings. The maximum absolute atomic E-state index is 12.3. The van der Waals surface area contributed by atoms with E-state index >= 15 is 0 Å². The van der Waals surface area contributed by atoms with E-state index in [1.807, 2.05) is 13.0 Å². The Morgan fingerprint density at radius 1 is 1.18 bits per heavy atom. The molecule has 3 N–H and O–H groups in total. The van der Waals surface area contributed by atoms with Gasteiger partial charge in [0.25, 0.3) is 11.8 Å². The summed E-state index contributed by atoms with van der Waals surface area (Å²) in [4.78, 5) is 35.9. The first-order valence-electron chi connectivity index (χ1n) is 8.37. The lowest BCUT2D eigenvalue weighted by molar-refractivity contribution is -0.123. The highest BCUT2D eigenvalue weighted by Gasteiger charge is 2.21. The molecule has 2 heterocycles. The quantitative estimate of drug-likeness (QED) is 0.619. The third kappa shape index (κ3) is 4.09. The molecule has 0 saturated heterocycles. The van der Waals surface area contributed by atoms with E-state index in [-0.39, 0.29) is 5.56 Å². The van der Waals surface area contributed by atoms with Gasteiger partial charge in [-0.05, 0) is 55.6 Å². The van der Waals surface area contributed by atoms with E-state index in [9.17, 15) is 14.4 Å². The van der Waals surface area contributed by atoms with Gasteiger partial charge < -0.3 is 15.8 Å². The second kappa shape index (κ2) is 8.05. The normalized spacial score (nSPS) is 11.6. The third-order valence-electron chi connectivity index (χ3n) is 4.00. The first-order chi connectivity index (χ1) is 13.4. The van der Waals surface area contributed by atoms with Crippen LogP contribution < -0.4 is 11.1 Å². The SMILES string of the molecule is Cc1ccnn1-c1ccc(C(=O)O[C@@H](C)C(=O)Nc2sccc2C(N)=O)cc1. The molecule has 0 aliphatic carbocycles. The molecule has 1 atom stereocenters. The number of nitrogens with one attached hydrogen (secondary N) is 1. The lowest BCUT2D eigenvalue weighted by Gasteiger charge is -2.13. The highest BCUT2D eigenvalue weighted by Crippen LogP contribution is 2.23. The van der Waals surface area contributed by atoms with Crippen molar-refractivity contribution >= 4 is 34.1 Å². The second-order valence-corrected chi connectivity index (χ2v) is 6.91. The third-order valence-corrected chi connectivity index (χ3v) is 4.83. The number of rotatable bonds is 6. The monoisotopic (exact) mass is 398 g/mol. The van der Waals surface area contributed by atoms with E-state index in [0.29, 0.717) is 10.6 Å². The summed E-state index contributed by atoms with van der Waals surface area (Å²) in [6, 6.07) is 10.1. The number of carbonyl (C=O) groups is 3. The van der Waals surface area contributed by atoms with Crippen molar-refractivity contribution in [1.82, 2.24) is 9.78 Å². The number of esters is 1. The van der Waals surface area contributed by atoms with E-state index in [1.165, 1.54) is 13.0 Å². The predicted molar refractivity (Wildman–Crippen MR) is 105 cm³/mol. The number of primary amides is 1. The van der Waals surface area contributed by atoms with Crippen molar-refractivity contribution in [3.05, 3.63) is 64.8 Å². The van der Waals surface area contributed by atoms with Crippen molar-refractivity contribution in [3.8, 4) is 5.69 Å². The Balaban J connectivity index is 1.63. The zero-order valence-electron chi connectivity index (χ0n) is 15.2. The molecule has 0 unspecified atom stereocenters. The van der Waals surface area contributed by atoms with Gasteiger partial charge in [0, 0.05) is 11.9 Å². The fraction of sp³-hybridized carbons (Fsp3) is 0.158. The van der Waals surface area contributed by atoms with E-state index in [1.54, 1.807) is 40.5 Å². The van der Waals surface area contributed by atoms with E-state index < -0.39 is 23.9 Å². The number of anilines is 1. The number of aromatic nitrogens is 2. The second-order valence-electron chi connectivity index (χ2n) is 6.00. The van der Waals surface area contributed by atoms with E-state index in [2.05, 4.69) is 10.4 Å². The van der Waals surface area contributed by atoms with Crippen LogP contribution in [0.15, 0.2) is 48.0 Å². The van der Waals surface area contributed by atoms with E-state index in [4.69, 9.17) is 10.5 Å². The van der Waals surface area contributed by atoms with Crippen molar-refractivity contribution in [1.29, 1.82) is 0 Å². The highest BCUT2D eigenvalue weighted by molar-refractivity contribution is 7.14. The number of nitrogens with two attached hydrogens (primary N) is 1. The smallest absolute Gasteiger partial charge is 0.338 e. The van der Waals surface area contributed by atoms with Gasteiger partial charge in [-0.25, -0.2) is 9.48 Å². The molecule has 1 aromatic carbocycles. The molecule has 144 valence electrons. The molecule has 2 aromatic heterocycles. The number of hydrogen-bond acceptors (Lipinski definition) is 6. The Kier molecular flexibility index (Phi) is 5.55. The fourth-order valence-electron chi connectivity index (χ4n) is 2.47. The minimum absolute atomic E-state index is 0.210. The number of nitrogens with zero attached hydrogens (tertiary/aromatic N) is 2. The number of amides is 2. The van der Waals surface area contributed by atoms with Gasteiger partial charge in [-0.15, -0.1) is 11.3 Å². The van der Waals surface area contributed by atoms with Crippen LogP contribution in [0.5, 0.6) is 0 Å². The molecule has 9 heteroatoms. The van der Waals surface area contributed by atoms with Gasteiger partial charge >= 0.3 is 5.97 Å². The summed E-state index contributed by atoms with van der Waals surface area (Å²) in [6.45, 7) is 3.37. The molecule has 8 nitrogen and oxygen atoms in total. The average Bonchev–Trinajstić information content (AvgIpc) is 3.30. The van der Waals surface area contributed by atoms with Gasteiger partial charge in [0.2, 0.25) is 0 Å². The van der Waals surface area contributed by atoms with Crippen LogP contribution >= 0.6 is 11.3 Å². The summed E-state index contributed by atoms with van der Waals surface area (Å²) < 4.78 is 6.96. The van der Waals surface area contributed by atoms with Crippen LogP contribution in [-0.4, -0.2) is 33.7 Å².